The van der Waals surface area contributed by atoms with E-state index in [9.17, 15) is 4.39 Å². The fraction of sp³-hybridized carbons (Fsp3) is 0.692. The van der Waals surface area contributed by atoms with Crippen LogP contribution < -0.4 is 0 Å². The highest BCUT2D eigenvalue weighted by Crippen LogP contribution is 2.52. The van der Waals surface area contributed by atoms with Gasteiger partial charge in [0.05, 0.1) is 12.8 Å². The molecule has 0 nitrogen and oxygen atoms in total. The summed E-state index contributed by atoms with van der Waals surface area (Å²) in [5.74, 6) is 0. The third kappa shape index (κ3) is 4.07. The normalized spacial score (nSPS) is 26.9. The molecular weight excluding hydrogens is 206 g/mol. The van der Waals surface area contributed by atoms with E-state index in [-0.39, 0.29) is 0 Å². The van der Waals surface area contributed by atoms with Crippen LogP contribution in [0.2, 0.25) is 0 Å². The highest BCUT2D eigenvalue weighted by atomic mass is 31.1. The Morgan fingerprint density at radius 1 is 1.27 bits per heavy atom. The van der Waals surface area contributed by atoms with E-state index < -0.39 is 13.3 Å². The molecule has 0 spiro atoms. The second kappa shape index (κ2) is 6.43. The predicted molar refractivity (Wildman–Crippen MR) is 70.0 cm³/mol. The van der Waals surface area contributed by atoms with Gasteiger partial charge >= 0.3 is 0 Å². The van der Waals surface area contributed by atoms with Crippen molar-refractivity contribution in [2.45, 2.75) is 44.4 Å². The van der Waals surface area contributed by atoms with Crippen molar-refractivity contribution < 1.29 is 4.39 Å². The van der Waals surface area contributed by atoms with Crippen molar-refractivity contribution in [3.63, 3.8) is 0 Å². The first kappa shape index (κ1) is 12.9. The first-order valence-electron chi connectivity index (χ1n) is 6.05. The highest BCUT2D eigenvalue weighted by molar-refractivity contribution is 7.58. The van der Waals surface area contributed by atoms with Crippen molar-refractivity contribution in [2.75, 3.05) is 12.8 Å². The minimum absolute atomic E-state index is 0.599. The molecule has 0 radical (unpaired) electrons. The van der Waals surface area contributed by atoms with E-state index in [4.69, 9.17) is 0 Å². The third-order valence-corrected chi connectivity index (χ3v) is 6.03. The van der Waals surface area contributed by atoms with Gasteiger partial charge in [0, 0.05) is 14.3 Å². The number of hydrogen-bond acceptors (Lipinski definition) is 0. The Morgan fingerprint density at radius 2 is 2.07 bits per heavy atom. The van der Waals surface area contributed by atoms with Crippen molar-refractivity contribution in [2.24, 2.45) is 0 Å². The lowest BCUT2D eigenvalue weighted by Crippen LogP contribution is -2.18. The lowest BCUT2D eigenvalue weighted by molar-refractivity contribution is 0.348. The van der Waals surface area contributed by atoms with Crippen molar-refractivity contribution in [1.82, 2.24) is 0 Å². The summed E-state index contributed by atoms with van der Waals surface area (Å²) in [6.07, 6.45) is 14.3. The summed E-state index contributed by atoms with van der Waals surface area (Å²) in [7, 11) is -0.874. The van der Waals surface area contributed by atoms with Crippen LogP contribution in [0.15, 0.2) is 24.3 Å². The van der Waals surface area contributed by atoms with Crippen LogP contribution in [0.1, 0.15) is 39.0 Å². The van der Waals surface area contributed by atoms with Crippen molar-refractivity contribution in [3.05, 3.63) is 24.3 Å². The minimum atomic E-state index is -0.981. The van der Waals surface area contributed by atoms with Crippen molar-refractivity contribution in [1.29, 1.82) is 0 Å². The van der Waals surface area contributed by atoms with Gasteiger partial charge in [0.15, 0.2) is 0 Å². The Bertz CT molecular complexity index is 235. The predicted octanol–water partition coefficient (Wildman–Crippen LogP) is 4.59. The average molecular weight is 229 g/mol. The molecule has 0 amide bonds. The molecule has 0 heterocycles. The largest absolute Gasteiger partial charge is 0.233 e. The summed E-state index contributed by atoms with van der Waals surface area (Å²) in [4.78, 5) is 0. The van der Waals surface area contributed by atoms with Crippen LogP contribution in [0, 0.1) is 0 Å². The molecule has 2 heteroatoms. The van der Waals surface area contributed by atoms with Gasteiger partial charge in [-0.1, -0.05) is 38.0 Å². The van der Waals surface area contributed by atoms with Gasteiger partial charge in [-0.25, -0.2) is 0 Å². The molecule has 0 N–H and O–H groups in total. The maximum atomic E-state index is 14.4. The zero-order valence-electron chi connectivity index (χ0n) is 9.93. The van der Waals surface area contributed by atoms with E-state index in [0.29, 0.717) is 6.42 Å². The van der Waals surface area contributed by atoms with Crippen LogP contribution in [0.4, 0.5) is 4.39 Å². The van der Waals surface area contributed by atoms with Gasteiger partial charge < -0.3 is 0 Å². The van der Waals surface area contributed by atoms with Crippen molar-refractivity contribution >= 4 is 7.92 Å². The number of halogens is 1. The highest BCUT2D eigenvalue weighted by Gasteiger charge is 2.39. The first-order chi connectivity index (χ1) is 7.19. The zero-order valence-corrected chi connectivity index (χ0v) is 10.9. The molecule has 0 saturated heterocycles. The van der Waals surface area contributed by atoms with Gasteiger partial charge in [0.1, 0.15) is 0 Å². The molecule has 1 aliphatic rings. The number of alkyl halides is 1. The Balaban J connectivity index is 2.29. The summed E-state index contributed by atoms with van der Waals surface area (Å²) in [6, 6.07) is 0. The van der Waals surface area contributed by atoms with E-state index in [2.05, 4.69) is 13.6 Å². The molecule has 15 heavy (non-hydrogen) atoms. The molecule has 0 fully saturated rings. The lowest BCUT2D eigenvalue weighted by Gasteiger charge is -2.23. The lowest BCUT2D eigenvalue weighted by atomic mass is 10.1. The van der Waals surface area contributed by atoms with E-state index in [1.54, 1.807) is 6.08 Å². The standard InChI is InChI=1S/C13H22FP/c1-3-4-5-9-12-15(2)13(14)10-7-6-8-11-13/h6-8,10H,3-5,9,11-12H2,1-2H3/p+1. The first-order valence-corrected chi connectivity index (χ1v) is 8.26. The Labute approximate surface area is 94.4 Å². The summed E-state index contributed by atoms with van der Waals surface area (Å²) in [5.41, 5.74) is 0. The van der Waals surface area contributed by atoms with Gasteiger partial charge in [0.2, 0.25) is 5.41 Å². The number of unbranched alkanes of at least 4 members (excludes halogenated alkanes) is 3. The van der Waals surface area contributed by atoms with E-state index in [1.807, 2.05) is 18.2 Å². The summed E-state index contributed by atoms with van der Waals surface area (Å²) < 4.78 is 14.4. The van der Waals surface area contributed by atoms with Crippen LogP contribution in [0.3, 0.4) is 0 Å². The summed E-state index contributed by atoms with van der Waals surface area (Å²) in [6.45, 7) is 4.35. The van der Waals surface area contributed by atoms with Gasteiger partial charge in [-0.15, -0.1) is 0 Å². The molecule has 0 aliphatic heterocycles. The molecule has 0 aromatic heterocycles. The Hall–Kier alpha value is -0.160. The monoisotopic (exact) mass is 229 g/mol. The number of allylic oxidation sites excluding steroid dienone is 4. The molecule has 0 bridgehead atoms. The second-order valence-electron chi connectivity index (χ2n) is 4.44. The van der Waals surface area contributed by atoms with Crippen LogP contribution in [-0.2, 0) is 0 Å². The molecule has 86 valence electrons. The Kier molecular flexibility index (Phi) is 5.53. The van der Waals surface area contributed by atoms with E-state index in [0.717, 1.165) is 6.16 Å². The number of hydrogen-bond donors (Lipinski definition) is 0. The Morgan fingerprint density at radius 3 is 2.67 bits per heavy atom. The minimum Gasteiger partial charge on any atom is -0.195 e. The number of rotatable bonds is 6. The van der Waals surface area contributed by atoms with Crippen LogP contribution in [0.25, 0.3) is 0 Å². The summed E-state index contributed by atoms with van der Waals surface area (Å²) >= 11 is 0. The molecule has 0 saturated carbocycles. The average Bonchev–Trinajstić information content (AvgIpc) is 2.25. The fourth-order valence-corrected chi connectivity index (χ4v) is 3.98. The molecular formula is C13H23FP+. The molecule has 2 unspecified atom stereocenters. The summed E-state index contributed by atoms with van der Waals surface area (Å²) in [5, 5.41) is -0.981. The second-order valence-corrected chi connectivity index (χ2v) is 7.34. The molecule has 1 rings (SSSR count). The molecule has 1 aliphatic carbocycles. The van der Waals surface area contributed by atoms with Gasteiger partial charge in [0.25, 0.3) is 0 Å². The molecule has 2 atom stereocenters. The third-order valence-electron chi connectivity index (χ3n) is 3.14. The zero-order chi connectivity index (χ0) is 11.1. The van der Waals surface area contributed by atoms with Crippen LogP contribution in [-0.4, -0.2) is 18.2 Å². The van der Waals surface area contributed by atoms with Gasteiger partial charge in [-0.2, -0.15) is 4.39 Å². The fourth-order valence-electron chi connectivity index (χ4n) is 1.94. The molecule has 0 aromatic rings. The maximum absolute atomic E-state index is 14.4. The van der Waals surface area contributed by atoms with Gasteiger partial charge in [-0.05, 0) is 18.9 Å². The van der Waals surface area contributed by atoms with E-state index >= 15 is 0 Å². The molecule has 0 aromatic carbocycles. The topological polar surface area (TPSA) is 0 Å². The van der Waals surface area contributed by atoms with Crippen molar-refractivity contribution in [3.8, 4) is 0 Å². The SMILES string of the molecule is CCCCCC[PH+](C)C1(F)C=CC=CC1. The van der Waals surface area contributed by atoms with Crippen LogP contribution >= 0.6 is 7.92 Å². The maximum Gasteiger partial charge on any atom is 0.233 e. The van der Waals surface area contributed by atoms with E-state index in [1.165, 1.54) is 25.7 Å². The van der Waals surface area contributed by atoms with Crippen LogP contribution in [0.5, 0.6) is 0 Å². The quantitative estimate of drug-likeness (QED) is 0.461. The smallest absolute Gasteiger partial charge is 0.195 e. The van der Waals surface area contributed by atoms with Gasteiger partial charge in [-0.3, -0.25) is 0 Å².